The minimum absolute atomic E-state index is 0.0528. The third kappa shape index (κ3) is 3.73. The first kappa shape index (κ1) is 14.4. The highest BCUT2D eigenvalue weighted by Gasteiger charge is 2.20. The zero-order valence-corrected chi connectivity index (χ0v) is 13.9. The van der Waals surface area contributed by atoms with Gasteiger partial charge in [-0.2, -0.15) is 0 Å². The lowest BCUT2D eigenvalue weighted by atomic mass is 9.98. The zero-order valence-electron chi connectivity index (χ0n) is 10.9. The SMILES string of the molecule is CC(C)(C)c1nnc(NC(=O)c2cccc(I)c2)s1. The van der Waals surface area contributed by atoms with Gasteiger partial charge >= 0.3 is 0 Å². The van der Waals surface area contributed by atoms with Crippen LogP contribution in [0.25, 0.3) is 0 Å². The summed E-state index contributed by atoms with van der Waals surface area (Å²) < 4.78 is 1.03. The fourth-order valence-electron chi connectivity index (χ4n) is 1.38. The van der Waals surface area contributed by atoms with Crippen LogP contribution in [0, 0.1) is 3.57 Å². The molecule has 19 heavy (non-hydrogen) atoms. The summed E-state index contributed by atoms with van der Waals surface area (Å²) in [4.78, 5) is 12.0. The van der Waals surface area contributed by atoms with Crippen molar-refractivity contribution in [2.75, 3.05) is 5.32 Å². The van der Waals surface area contributed by atoms with Crippen LogP contribution in [0.5, 0.6) is 0 Å². The maximum Gasteiger partial charge on any atom is 0.257 e. The molecular weight excluding hydrogens is 373 g/mol. The molecule has 2 aromatic rings. The first-order chi connectivity index (χ1) is 8.86. The van der Waals surface area contributed by atoms with Crippen LogP contribution in [0.15, 0.2) is 24.3 Å². The van der Waals surface area contributed by atoms with Crippen LogP contribution in [0.3, 0.4) is 0 Å². The number of amides is 1. The Labute approximate surface area is 129 Å². The smallest absolute Gasteiger partial charge is 0.257 e. The van der Waals surface area contributed by atoms with Gasteiger partial charge in [-0.15, -0.1) is 10.2 Å². The lowest BCUT2D eigenvalue weighted by molar-refractivity contribution is 0.102. The monoisotopic (exact) mass is 387 g/mol. The molecule has 1 aromatic heterocycles. The molecule has 0 saturated carbocycles. The summed E-state index contributed by atoms with van der Waals surface area (Å²) in [5.41, 5.74) is 0.572. The summed E-state index contributed by atoms with van der Waals surface area (Å²) in [6.07, 6.45) is 0. The molecule has 0 radical (unpaired) electrons. The largest absolute Gasteiger partial charge is 0.296 e. The molecule has 0 aliphatic rings. The molecule has 0 bridgehead atoms. The van der Waals surface area contributed by atoms with Gasteiger partial charge in [0.15, 0.2) is 0 Å². The molecule has 6 heteroatoms. The Balaban J connectivity index is 2.13. The number of carbonyl (C=O) groups is 1. The highest BCUT2D eigenvalue weighted by molar-refractivity contribution is 14.1. The molecule has 4 nitrogen and oxygen atoms in total. The number of carbonyl (C=O) groups excluding carboxylic acids is 1. The lowest BCUT2D eigenvalue weighted by Gasteiger charge is -2.12. The van der Waals surface area contributed by atoms with E-state index >= 15 is 0 Å². The van der Waals surface area contributed by atoms with Gasteiger partial charge in [0.05, 0.1) is 0 Å². The highest BCUT2D eigenvalue weighted by atomic mass is 127. The van der Waals surface area contributed by atoms with Gasteiger partial charge in [0.2, 0.25) is 5.13 Å². The molecule has 0 fully saturated rings. The van der Waals surface area contributed by atoms with Crippen molar-refractivity contribution in [2.24, 2.45) is 0 Å². The van der Waals surface area contributed by atoms with E-state index < -0.39 is 0 Å². The maximum atomic E-state index is 12.0. The topological polar surface area (TPSA) is 54.9 Å². The Morgan fingerprint density at radius 3 is 2.63 bits per heavy atom. The number of rotatable bonds is 2. The number of hydrogen-bond donors (Lipinski definition) is 1. The van der Waals surface area contributed by atoms with Crippen LogP contribution in [-0.2, 0) is 5.41 Å². The molecular formula is C13H14IN3OS. The first-order valence-corrected chi connectivity index (χ1v) is 7.67. The molecule has 1 amide bonds. The minimum Gasteiger partial charge on any atom is -0.296 e. The van der Waals surface area contributed by atoms with Crippen molar-refractivity contribution in [3.63, 3.8) is 0 Å². The summed E-state index contributed by atoms with van der Waals surface area (Å²) in [7, 11) is 0. The Kier molecular flexibility index (Phi) is 4.19. The van der Waals surface area contributed by atoms with Gasteiger partial charge in [-0.25, -0.2) is 0 Å². The van der Waals surface area contributed by atoms with Crippen LogP contribution in [-0.4, -0.2) is 16.1 Å². The number of aromatic nitrogens is 2. The predicted molar refractivity (Wildman–Crippen MR) is 85.7 cm³/mol. The van der Waals surface area contributed by atoms with E-state index in [-0.39, 0.29) is 11.3 Å². The van der Waals surface area contributed by atoms with Gasteiger partial charge < -0.3 is 0 Å². The molecule has 0 atom stereocenters. The predicted octanol–water partition coefficient (Wildman–Crippen LogP) is 3.69. The van der Waals surface area contributed by atoms with Crippen molar-refractivity contribution < 1.29 is 4.79 Å². The second-order valence-electron chi connectivity index (χ2n) is 5.13. The molecule has 0 aliphatic heterocycles. The van der Waals surface area contributed by atoms with E-state index in [2.05, 4.69) is 58.9 Å². The van der Waals surface area contributed by atoms with Gasteiger partial charge in [0.25, 0.3) is 5.91 Å². The van der Waals surface area contributed by atoms with Crippen molar-refractivity contribution in [2.45, 2.75) is 26.2 Å². The molecule has 1 N–H and O–H groups in total. The van der Waals surface area contributed by atoms with E-state index in [1.165, 1.54) is 11.3 Å². The minimum atomic E-state index is -0.157. The van der Waals surface area contributed by atoms with Gasteiger partial charge in [-0.05, 0) is 40.8 Å². The summed E-state index contributed by atoms with van der Waals surface area (Å²) in [5.74, 6) is -0.157. The average molecular weight is 387 g/mol. The van der Waals surface area contributed by atoms with E-state index in [0.29, 0.717) is 10.7 Å². The van der Waals surface area contributed by atoms with Crippen molar-refractivity contribution >= 4 is 45.0 Å². The van der Waals surface area contributed by atoms with Crippen molar-refractivity contribution in [3.05, 3.63) is 38.4 Å². The molecule has 100 valence electrons. The van der Waals surface area contributed by atoms with Crippen molar-refractivity contribution in [1.29, 1.82) is 0 Å². The number of nitrogens with one attached hydrogen (secondary N) is 1. The summed E-state index contributed by atoms with van der Waals surface area (Å²) in [5, 5.41) is 12.3. The number of benzene rings is 1. The molecule has 1 heterocycles. The van der Waals surface area contributed by atoms with Crippen LogP contribution in [0.2, 0.25) is 0 Å². The Morgan fingerprint density at radius 2 is 2.05 bits per heavy atom. The Hall–Kier alpha value is -1.02. The van der Waals surface area contributed by atoms with Crippen LogP contribution in [0.4, 0.5) is 5.13 Å². The fourth-order valence-corrected chi connectivity index (χ4v) is 2.72. The second-order valence-corrected chi connectivity index (χ2v) is 7.35. The van der Waals surface area contributed by atoms with Crippen LogP contribution < -0.4 is 5.32 Å². The summed E-state index contributed by atoms with van der Waals surface area (Å²) in [6, 6.07) is 7.42. The second kappa shape index (κ2) is 5.54. The van der Waals surface area contributed by atoms with E-state index in [0.717, 1.165) is 8.58 Å². The standard InChI is InChI=1S/C13H14IN3OS/c1-13(2,3)11-16-17-12(19-11)15-10(18)8-5-4-6-9(14)7-8/h4-7H,1-3H3,(H,15,17,18). The van der Waals surface area contributed by atoms with E-state index in [9.17, 15) is 4.79 Å². The average Bonchev–Trinajstić information content (AvgIpc) is 2.77. The summed E-state index contributed by atoms with van der Waals surface area (Å²) >= 11 is 3.59. The van der Waals surface area contributed by atoms with Gasteiger partial charge in [-0.3, -0.25) is 10.1 Å². The Bertz CT molecular complexity index is 604. The maximum absolute atomic E-state index is 12.0. The van der Waals surface area contributed by atoms with Gasteiger partial charge in [-0.1, -0.05) is 38.2 Å². The van der Waals surface area contributed by atoms with E-state index in [1.54, 1.807) is 6.07 Å². The third-order valence-corrected chi connectivity index (χ3v) is 4.31. The van der Waals surface area contributed by atoms with E-state index in [1.807, 2.05) is 18.2 Å². The van der Waals surface area contributed by atoms with E-state index in [4.69, 9.17) is 0 Å². The van der Waals surface area contributed by atoms with Crippen LogP contribution in [0.1, 0.15) is 36.1 Å². The number of anilines is 1. The normalized spacial score (nSPS) is 11.4. The number of nitrogens with zero attached hydrogens (tertiary/aromatic N) is 2. The molecule has 0 unspecified atom stereocenters. The van der Waals surface area contributed by atoms with Crippen molar-refractivity contribution in [1.82, 2.24) is 10.2 Å². The third-order valence-electron chi connectivity index (χ3n) is 2.37. The molecule has 2 rings (SSSR count). The first-order valence-electron chi connectivity index (χ1n) is 5.77. The fraction of sp³-hybridized carbons (Fsp3) is 0.308. The quantitative estimate of drug-likeness (QED) is 0.800. The lowest BCUT2D eigenvalue weighted by Crippen LogP contribution is -2.11. The molecule has 0 saturated heterocycles. The van der Waals surface area contributed by atoms with Crippen LogP contribution >= 0.6 is 33.9 Å². The summed E-state index contributed by atoms with van der Waals surface area (Å²) in [6.45, 7) is 6.20. The Morgan fingerprint density at radius 1 is 1.32 bits per heavy atom. The van der Waals surface area contributed by atoms with Gasteiger partial charge in [0, 0.05) is 14.5 Å². The number of hydrogen-bond acceptors (Lipinski definition) is 4. The highest BCUT2D eigenvalue weighted by Crippen LogP contribution is 2.27. The number of halogens is 1. The van der Waals surface area contributed by atoms with Crippen molar-refractivity contribution in [3.8, 4) is 0 Å². The molecule has 0 aliphatic carbocycles. The zero-order chi connectivity index (χ0) is 14.0. The molecule has 0 spiro atoms. The van der Waals surface area contributed by atoms with Gasteiger partial charge in [0.1, 0.15) is 5.01 Å². The molecule has 1 aromatic carbocycles.